The van der Waals surface area contributed by atoms with Crippen LogP contribution in [0.3, 0.4) is 0 Å². The van der Waals surface area contributed by atoms with Gasteiger partial charge in [0.1, 0.15) is 18.0 Å². The number of aromatic nitrogens is 3. The second-order valence-electron chi connectivity index (χ2n) is 5.52. The Balaban J connectivity index is 0.00000312. The van der Waals surface area contributed by atoms with Gasteiger partial charge in [-0.25, -0.2) is 4.39 Å². The molecule has 0 aliphatic heterocycles. The monoisotopic (exact) mass is 460 g/mol. The molecule has 0 bridgehead atoms. The normalized spacial score (nSPS) is 11.1. The van der Waals surface area contributed by atoms with E-state index in [0.717, 1.165) is 36.9 Å². The maximum Gasteiger partial charge on any atom is 0.194 e. The zero-order chi connectivity index (χ0) is 17.4. The van der Waals surface area contributed by atoms with Crippen molar-refractivity contribution < 1.29 is 4.39 Å². The predicted octanol–water partition coefficient (Wildman–Crippen LogP) is 2.70. The molecule has 1 heterocycles. The van der Waals surface area contributed by atoms with Crippen LogP contribution < -0.4 is 5.32 Å². The van der Waals surface area contributed by atoms with Gasteiger partial charge in [0.05, 0.1) is 6.54 Å². The summed E-state index contributed by atoms with van der Waals surface area (Å²) >= 11 is 0. The number of hydrogen-bond donors (Lipinski definition) is 1. The number of nitrogens with one attached hydrogen (secondary N) is 1. The number of aliphatic imine (C=N–C) groups is 1. The minimum absolute atomic E-state index is 0. The molecule has 25 heavy (non-hydrogen) atoms. The largest absolute Gasteiger partial charge is 0.357 e. The van der Waals surface area contributed by atoms with E-state index in [1.807, 2.05) is 29.5 Å². The van der Waals surface area contributed by atoms with Crippen molar-refractivity contribution in [3.8, 4) is 0 Å². The molecular weight excluding hydrogens is 434 g/mol. The second-order valence-corrected chi connectivity index (χ2v) is 5.52. The Bertz CT molecular complexity index is 673. The van der Waals surface area contributed by atoms with Gasteiger partial charge < -0.3 is 14.8 Å². The molecule has 8 heteroatoms. The van der Waals surface area contributed by atoms with E-state index in [0.29, 0.717) is 13.1 Å². The molecule has 0 saturated carbocycles. The van der Waals surface area contributed by atoms with Crippen molar-refractivity contribution in [3.05, 3.63) is 47.8 Å². The first-order chi connectivity index (χ1) is 11.6. The van der Waals surface area contributed by atoms with E-state index in [-0.39, 0.29) is 29.8 Å². The molecule has 0 aliphatic carbocycles. The number of nitrogens with zero attached hydrogens (tertiary/aromatic N) is 5. The Morgan fingerprint density at radius 3 is 2.84 bits per heavy atom. The van der Waals surface area contributed by atoms with Crippen LogP contribution in [0.5, 0.6) is 0 Å². The number of aryl methyl sites for hydroxylation is 1. The molecule has 2 rings (SSSR count). The first-order valence-electron chi connectivity index (χ1n) is 8.24. The SMILES string of the molecule is CCNC(=NCCn1cnnc1CC)N(C)Cc1cccc(F)c1.I. The number of guanidine groups is 1. The molecule has 0 radical (unpaired) electrons. The van der Waals surface area contributed by atoms with Crippen molar-refractivity contribution in [2.24, 2.45) is 4.99 Å². The van der Waals surface area contributed by atoms with Crippen LogP contribution in [0.1, 0.15) is 25.2 Å². The summed E-state index contributed by atoms with van der Waals surface area (Å²) in [6.07, 6.45) is 2.58. The second kappa shape index (κ2) is 11.0. The van der Waals surface area contributed by atoms with E-state index in [1.54, 1.807) is 18.5 Å². The van der Waals surface area contributed by atoms with Crippen LogP contribution in [-0.2, 0) is 19.5 Å². The summed E-state index contributed by atoms with van der Waals surface area (Å²) in [6.45, 7) is 6.82. The first kappa shape index (κ1) is 21.3. The summed E-state index contributed by atoms with van der Waals surface area (Å²) < 4.78 is 15.3. The molecule has 0 amide bonds. The van der Waals surface area contributed by atoms with Crippen LogP contribution in [0.25, 0.3) is 0 Å². The highest BCUT2D eigenvalue weighted by atomic mass is 127. The third-order valence-corrected chi connectivity index (χ3v) is 3.62. The van der Waals surface area contributed by atoms with Crippen LogP contribution in [0, 0.1) is 5.82 Å². The minimum Gasteiger partial charge on any atom is -0.357 e. The standard InChI is InChI=1S/C17H25FN6.HI/c1-4-16-22-21-13-24(16)10-9-20-17(19-5-2)23(3)12-14-7-6-8-15(18)11-14;/h6-8,11,13H,4-5,9-10,12H2,1-3H3,(H,19,20);1H. The lowest BCUT2D eigenvalue weighted by atomic mass is 10.2. The molecule has 0 atom stereocenters. The average molecular weight is 460 g/mol. The first-order valence-corrected chi connectivity index (χ1v) is 8.24. The zero-order valence-electron chi connectivity index (χ0n) is 14.9. The summed E-state index contributed by atoms with van der Waals surface area (Å²) in [5.74, 6) is 1.54. The fourth-order valence-corrected chi connectivity index (χ4v) is 2.46. The van der Waals surface area contributed by atoms with Crippen molar-refractivity contribution >= 4 is 29.9 Å². The van der Waals surface area contributed by atoms with Crippen molar-refractivity contribution in [3.63, 3.8) is 0 Å². The molecule has 0 unspecified atom stereocenters. The topological polar surface area (TPSA) is 58.3 Å². The van der Waals surface area contributed by atoms with Crippen molar-refractivity contribution in [2.45, 2.75) is 33.4 Å². The number of halogens is 2. The Morgan fingerprint density at radius 1 is 1.36 bits per heavy atom. The van der Waals surface area contributed by atoms with E-state index >= 15 is 0 Å². The lowest BCUT2D eigenvalue weighted by Gasteiger charge is -2.22. The minimum atomic E-state index is -0.220. The third kappa shape index (κ3) is 6.60. The third-order valence-electron chi connectivity index (χ3n) is 3.62. The van der Waals surface area contributed by atoms with Gasteiger partial charge in [-0.2, -0.15) is 0 Å². The van der Waals surface area contributed by atoms with E-state index < -0.39 is 0 Å². The molecule has 2 aromatic rings. The molecule has 1 aromatic carbocycles. The van der Waals surface area contributed by atoms with Crippen molar-refractivity contribution in [1.29, 1.82) is 0 Å². The number of hydrogen-bond acceptors (Lipinski definition) is 3. The average Bonchev–Trinajstić information content (AvgIpc) is 3.01. The van der Waals surface area contributed by atoms with Gasteiger partial charge in [-0.1, -0.05) is 19.1 Å². The molecular formula is C17H26FIN6. The van der Waals surface area contributed by atoms with Crippen LogP contribution in [0.4, 0.5) is 4.39 Å². The molecule has 6 nitrogen and oxygen atoms in total. The van der Waals surface area contributed by atoms with Crippen LogP contribution >= 0.6 is 24.0 Å². The van der Waals surface area contributed by atoms with Gasteiger partial charge in [0.2, 0.25) is 0 Å². The van der Waals surface area contributed by atoms with E-state index in [4.69, 9.17) is 0 Å². The fraction of sp³-hybridized carbons (Fsp3) is 0.471. The number of rotatable bonds is 7. The Labute approximate surface area is 165 Å². The molecule has 0 spiro atoms. The summed E-state index contributed by atoms with van der Waals surface area (Å²) in [6, 6.07) is 6.63. The summed E-state index contributed by atoms with van der Waals surface area (Å²) in [7, 11) is 1.95. The maximum absolute atomic E-state index is 13.3. The van der Waals surface area contributed by atoms with Crippen LogP contribution in [0.15, 0.2) is 35.6 Å². The Hall–Kier alpha value is -1.71. The summed E-state index contributed by atoms with van der Waals surface area (Å²) in [5.41, 5.74) is 0.912. The highest BCUT2D eigenvalue weighted by Gasteiger charge is 2.07. The molecule has 138 valence electrons. The van der Waals surface area contributed by atoms with Gasteiger partial charge >= 0.3 is 0 Å². The quantitative estimate of drug-likeness (QED) is 0.392. The van der Waals surface area contributed by atoms with Crippen LogP contribution in [0.2, 0.25) is 0 Å². The van der Waals surface area contributed by atoms with Gasteiger partial charge in [-0.05, 0) is 24.6 Å². The van der Waals surface area contributed by atoms with Gasteiger partial charge in [-0.3, -0.25) is 4.99 Å². The molecule has 0 saturated heterocycles. The predicted molar refractivity (Wildman–Crippen MR) is 109 cm³/mol. The van der Waals surface area contributed by atoms with E-state index in [1.165, 1.54) is 6.07 Å². The Kier molecular flexibility index (Phi) is 9.40. The van der Waals surface area contributed by atoms with Gasteiger partial charge in [0, 0.05) is 33.1 Å². The fourth-order valence-electron chi connectivity index (χ4n) is 2.46. The van der Waals surface area contributed by atoms with Gasteiger partial charge in [-0.15, -0.1) is 34.2 Å². The molecule has 0 fully saturated rings. The van der Waals surface area contributed by atoms with E-state index in [2.05, 4.69) is 27.4 Å². The maximum atomic E-state index is 13.3. The van der Waals surface area contributed by atoms with Crippen molar-refractivity contribution in [1.82, 2.24) is 25.0 Å². The molecule has 0 aliphatic rings. The number of benzene rings is 1. The van der Waals surface area contributed by atoms with Gasteiger partial charge in [0.15, 0.2) is 5.96 Å². The van der Waals surface area contributed by atoms with Crippen LogP contribution in [-0.4, -0.2) is 45.8 Å². The van der Waals surface area contributed by atoms with E-state index in [9.17, 15) is 4.39 Å². The zero-order valence-corrected chi connectivity index (χ0v) is 17.3. The lowest BCUT2D eigenvalue weighted by Crippen LogP contribution is -2.38. The Morgan fingerprint density at radius 2 is 2.16 bits per heavy atom. The summed E-state index contributed by atoms with van der Waals surface area (Å²) in [4.78, 5) is 6.63. The van der Waals surface area contributed by atoms with Gasteiger partial charge in [0.25, 0.3) is 0 Å². The highest BCUT2D eigenvalue weighted by Crippen LogP contribution is 2.06. The summed E-state index contributed by atoms with van der Waals surface area (Å²) in [5, 5.41) is 11.3. The lowest BCUT2D eigenvalue weighted by molar-refractivity contribution is 0.473. The molecule has 1 aromatic heterocycles. The smallest absolute Gasteiger partial charge is 0.194 e. The molecule has 1 N–H and O–H groups in total. The highest BCUT2D eigenvalue weighted by molar-refractivity contribution is 14.0. The van der Waals surface area contributed by atoms with Crippen molar-refractivity contribution in [2.75, 3.05) is 20.1 Å².